The second kappa shape index (κ2) is 15.2. The summed E-state index contributed by atoms with van der Waals surface area (Å²) in [5.74, 6) is -0.505. The van der Waals surface area contributed by atoms with E-state index in [1.54, 1.807) is 0 Å². The van der Waals surface area contributed by atoms with Crippen LogP contribution in [0.15, 0.2) is 4.99 Å². The number of carboxylic acids is 1. The number of nitrogens with one attached hydrogen (secondary N) is 1. The molecule has 0 aromatic carbocycles. The average Bonchev–Trinajstić information content (AvgIpc) is 2.54. The van der Waals surface area contributed by atoms with Crippen molar-refractivity contribution in [3.8, 4) is 0 Å². The number of nitrogens with two attached hydrogens (primary N) is 2. The number of hydrogen-bond acceptors (Lipinski definition) is 3. The molecule has 2 atom stereocenters. The number of guanidine groups is 1. The molecular formula is C18H38N4O2. The molecule has 0 rings (SSSR count). The minimum absolute atomic E-state index is 0.0768. The Morgan fingerprint density at radius 2 is 1.67 bits per heavy atom. The third-order valence-corrected chi connectivity index (χ3v) is 4.29. The summed E-state index contributed by atoms with van der Waals surface area (Å²) in [6.07, 6.45) is 10.8. The van der Waals surface area contributed by atoms with E-state index in [-0.39, 0.29) is 11.9 Å². The second-order valence-electron chi connectivity index (χ2n) is 6.62. The molecule has 0 fully saturated rings. The van der Waals surface area contributed by atoms with E-state index in [0.29, 0.717) is 13.0 Å². The zero-order valence-electron chi connectivity index (χ0n) is 15.6. The molecule has 142 valence electrons. The Kier molecular flexibility index (Phi) is 14.4. The third-order valence-electron chi connectivity index (χ3n) is 4.29. The Bertz CT molecular complexity index is 344. The predicted molar refractivity (Wildman–Crippen MR) is 101 cm³/mol. The van der Waals surface area contributed by atoms with Gasteiger partial charge >= 0.3 is 5.97 Å². The molecule has 0 bridgehead atoms. The summed E-state index contributed by atoms with van der Waals surface area (Å²) in [6, 6.07) is -0.517. The number of nitrogens with zero attached hydrogens (tertiary/aromatic N) is 1. The topological polar surface area (TPSA) is 114 Å². The molecule has 1 unspecified atom stereocenters. The van der Waals surface area contributed by atoms with Crippen molar-refractivity contribution in [3.63, 3.8) is 0 Å². The van der Waals surface area contributed by atoms with E-state index in [0.717, 1.165) is 32.2 Å². The molecule has 0 aliphatic carbocycles. The first-order chi connectivity index (χ1) is 11.5. The molecule has 6 nitrogen and oxygen atoms in total. The summed E-state index contributed by atoms with van der Waals surface area (Å²) < 4.78 is 0. The lowest BCUT2D eigenvalue weighted by Crippen LogP contribution is -2.39. The zero-order chi connectivity index (χ0) is 18.2. The van der Waals surface area contributed by atoms with Crippen LogP contribution in [0.5, 0.6) is 0 Å². The number of unbranched alkanes of at least 4 members (excludes halogenated alkanes) is 6. The van der Waals surface area contributed by atoms with E-state index in [4.69, 9.17) is 11.5 Å². The van der Waals surface area contributed by atoms with Crippen LogP contribution in [-0.4, -0.2) is 36.2 Å². The van der Waals surface area contributed by atoms with Crippen molar-refractivity contribution in [2.45, 2.75) is 84.1 Å². The predicted octanol–water partition coefficient (Wildman–Crippen LogP) is 2.86. The van der Waals surface area contributed by atoms with Gasteiger partial charge in [-0.3, -0.25) is 9.79 Å². The zero-order valence-corrected chi connectivity index (χ0v) is 15.6. The molecular weight excluding hydrogens is 304 g/mol. The Morgan fingerprint density at radius 1 is 1.04 bits per heavy atom. The molecule has 0 aliphatic heterocycles. The monoisotopic (exact) mass is 342 g/mol. The first-order valence-electron chi connectivity index (χ1n) is 9.52. The third kappa shape index (κ3) is 13.2. The molecule has 24 heavy (non-hydrogen) atoms. The number of rotatable bonds is 16. The molecule has 0 spiro atoms. The summed E-state index contributed by atoms with van der Waals surface area (Å²) in [5.41, 5.74) is 10.9. The lowest BCUT2D eigenvalue weighted by Gasteiger charge is -2.21. The Morgan fingerprint density at radius 3 is 2.21 bits per heavy atom. The molecule has 0 saturated heterocycles. The standard InChI is InChI=1S/C18H38N4O2/c1-3-5-7-9-11-15(14-22-18(19)20)13-16(17(23)24)21-12-10-8-6-4-2/h15-16,21H,3-14H2,1-2H3,(H,23,24)(H4,19,20,22)/t15?,16-/m0/s1. The highest BCUT2D eigenvalue weighted by molar-refractivity contribution is 5.75. The quantitative estimate of drug-likeness (QED) is 0.196. The van der Waals surface area contributed by atoms with Crippen LogP contribution in [0.25, 0.3) is 0 Å². The van der Waals surface area contributed by atoms with Crippen molar-refractivity contribution in [1.82, 2.24) is 5.32 Å². The maximum atomic E-state index is 11.5. The fraction of sp³-hybridized carbons (Fsp3) is 0.889. The van der Waals surface area contributed by atoms with Gasteiger partial charge in [0.2, 0.25) is 0 Å². The van der Waals surface area contributed by atoms with Gasteiger partial charge in [-0.25, -0.2) is 0 Å². The lowest BCUT2D eigenvalue weighted by molar-refractivity contribution is -0.140. The maximum absolute atomic E-state index is 11.5. The van der Waals surface area contributed by atoms with Crippen LogP contribution in [0.4, 0.5) is 0 Å². The molecule has 0 saturated carbocycles. The van der Waals surface area contributed by atoms with E-state index < -0.39 is 12.0 Å². The highest BCUT2D eigenvalue weighted by Crippen LogP contribution is 2.17. The van der Waals surface area contributed by atoms with Crippen molar-refractivity contribution < 1.29 is 9.90 Å². The van der Waals surface area contributed by atoms with Gasteiger partial charge in [-0.15, -0.1) is 0 Å². The van der Waals surface area contributed by atoms with Crippen LogP contribution in [0.2, 0.25) is 0 Å². The van der Waals surface area contributed by atoms with Crippen LogP contribution in [-0.2, 0) is 4.79 Å². The molecule has 0 aliphatic rings. The van der Waals surface area contributed by atoms with Gasteiger partial charge in [-0.2, -0.15) is 0 Å². The second-order valence-corrected chi connectivity index (χ2v) is 6.62. The number of aliphatic carboxylic acids is 1. The summed E-state index contributed by atoms with van der Waals surface area (Å²) in [7, 11) is 0. The maximum Gasteiger partial charge on any atom is 0.320 e. The molecule has 6 N–H and O–H groups in total. The van der Waals surface area contributed by atoms with Crippen LogP contribution < -0.4 is 16.8 Å². The summed E-state index contributed by atoms with van der Waals surface area (Å²) in [4.78, 5) is 15.6. The first kappa shape index (κ1) is 22.7. The van der Waals surface area contributed by atoms with E-state index >= 15 is 0 Å². The fourth-order valence-corrected chi connectivity index (χ4v) is 2.81. The molecule has 0 radical (unpaired) electrons. The molecule has 0 aromatic rings. The SMILES string of the molecule is CCCCCCN[C@@H](CC(CCCCCC)CN=C(N)N)C(=O)O. The number of hydrogen-bond donors (Lipinski definition) is 4. The molecule has 6 heteroatoms. The van der Waals surface area contributed by atoms with Crippen LogP contribution in [0.3, 0.4) is 0 Å². The van der Waals surface area contributed by atoms with Crippen LogP contribution in [0, 0.1) is 5.92 Å². The lowest BCUT2D eigenvalue weighted by atomic mass is 9.93. The largest absolute Gasteiger partial charge is 0.480 e. The van der Waals surface area contributed by atoms with Gasteiger partial charge in [-0.1, -0.05) is 58.8 Å². The average molecular weight is 343 g/mol. The van der Waals surface area contributed by atoms with Crippen LogP contribution >= 0.6 is 0 Å². The van der Waals surface area contributed by atoms with Gasteiger partial charge in [0.15, 0.2) is 5.96 Å². The minimum atomic E-state index is -0.784. The van der Waals surface area contributed by atoms with Gasteiger partial charge in [0, 0.05) is 6.54 Å². The van der Waals surface area contributed by atoms with Crippen molar-refractivity contribution in [2.75, 3.05) is 13.1 Å². The van der Waals surface area contributed by atoms with Gasteiger partial charge in [0.1, 0.15) is 6.04 Å². The first-order valence-corrected chi connectivity index (χ1v) is 9.52. The number of aliphatic imine (C=N–C) groups is 1. The smallest absolute Gasteiger partial charge is 0.320 e. The van der Waals surface area contributed by atoms with Crippen molar-refractivity contribution in [3.05, 3.63) is 0 Å². The Labute approximate surface area is 147 Å². The highest BCUT2D eigenvalue weighted by atomic mass is 16.4. The Balaban J connectivity index is 4.41. The minimum Gasteiger partial charge on any atom is -0.480 e. The highest BCUT2D eigenvalue weighted by Gasteiger charge is 2.21. The van der Waals surface area contributed by atoms with Gasteiger partial charge in [0.05, 0.1) is 0 Å². The van der Waals surface area contributed by atoms with Crippen LogP contribution in [0.1, 0.15) is 78.1 Å². The van der Waals surface area contributed by atoms with Gasteiger partial charge in [-0.05, 0) is 31.7 Å². The van der Waals surface area contributed by atoms with E-state index in [1.807, 2.05) is 0 Å². The van der Waals surface area contributed by atoms with E-state index in [1.165, 1.54) is 32.1 Å². The van der Waals surface area contributed by atoms with Crippen molar-refractivity contribution >= 4 is 11.9 Å². The molecule has 0 aromatic heterocycles. The van der Waals surface area contributed by atoms with Gasteiger partial charge in [0.25, 0.3) is 0 Å². The van der Waals surface area contributed by atoms with Gasteiger partial charge < -0.3 is 21.9 Å². The fourth-order valence-electron chi connectivity index (χ4n) is 2.81. The number of carbonyl (C=O) groups is 1. The molecule has 0 amide bonds. The summed E-state index contributed by atoms with van der Waals surface area (Å²) >= 11 is 0. The van der Waals surface area contributed by atoms with E-state index in [2.05, 4.69) is 24.2 Å². The van der Waals surface area contributed by atoms with Crippen molar-refractivity contribution in [1.29, 1.82) is 0 Å². The number of carboxylic acid groups (broad SMARTS) is 1. The summed E-state index contributed by atoms with van der Waals surface area (Å²) in [6.45, 7) is 5.61. The molecule has 0 heterocycles. The Hall–Kier alpha value is -1.30. The van der Waals surface area contributed by atoms with Crippen molar-refractivity contribution in [2.24, 2.45) is 22.4 Å². The van der Waals surface area contributed by atoms with E-state index in [9.17, 15) is 9.90 Å². The normalized spacial score (nSPS) is 13.4. The summed E-state index contributed by atoms with van der Waals surface area (Å²) in [5, 5.41) is 12.7.